The first kappa shape index (κ1) is 23.7. The molecule has 0 aliphatic heterocycles. The van der Waals surface area contributed by atoms with Crippen molar-refractivity contribution in [2.75, 3.05) is 40.5 Å². The fourth-order valence-corrected chi connectivity index (χ4v) is 3.86. The van der Waals surface area contributed by atoms with Crippen LogP contribution in [0.25, 0.3) is 0 Å². The van der Waals surface area contributed by atoms with Crippen molar-refractivity contribution in [3.05, 3.63) is 53.6 Å². The minimum Gasteiger partial charge on any atom is -0.495 e. The second-order valence-electron chi connectivity index (χ2n) is 6.53. The second kappa shape index (κ2) is 11.5. The van der Waals surface area contributed by atoms with Crippen LogP contribution in [0.2, 0.25) is 0 Å². The molecular weight excluding hydrogens is 408 g/mol. The third kappa shape index (κ3) is 7.01. The van der Waals surface area contributed by atoms with Crippen LogP contribution in [0.15, 0.2) is 47.4 Å². The maximum atomic E-state index is 12.5. The van der Waals surface area contributed by atoms with E-state index in [4.69, 9.17) is 14.2 Å². The Morgan fingerprint density at radius 3 is 2.53 bits per heavy atom. The molecule has 164 valence electrons. The molecule has 0 aliphatic rings. The molecule has 0 aromatic heterocycles. The fourth-order valence-electron chi connectivity index (χ4n) is 2.66. The van der Waals surface area contributed by atoms with Crippen molar-refractivity contribution in [1.82, 2.24) is 10.0 Å². The third-order valence-corrected chi connectivity index (χ3v) is 5.66. The van der Waals surface area contributed by atoms with Crippen LogP contribution in [0.4, 0.5) is 0 Å². The molecule has 0 spiro atoms. The number of carbonyl (C=O) groups is 1. The number of aryl methyl sites for hydroxylation is 1. The molecule has 1 amide bonds. The Balaban J connectivity index is 1.93. The highest BCUT2D eigenvalue weighted by atomic mass is 32.2. The first-order chi connectivity index (χ1) is 14.4. The van der Waals surface area contributed by atoms with Gasteiger partial charge in [-0.3, -0.25) is 4.79 Å². The summed E-state index contributed by atoms with van der Waals surface area (Å²) in [6.07, 6.45) is 0.611. The predicted octanol–water partition coefficient (Wildman–Crippen LogP) is 2.13. The number of methoxy groups -OCH3 is 2. The van der Waals surface area contributed by atoms with Crippen LogP contribution in [0.1, 0.15) is 22.3 Å². The summed E-state index contributed by atoms with van der Waals surface area (Å²) in [5.41, 5.74) is 1.34. The van der Waals surface area contributed by atoms with E-state index in [1.807, 2.05) is 31.2 Å². The molecule has 0 radical (unpaired) electrons. The van der Waals surface area contributed by atoms with Crippen LogP contribution < -0.4 is 19.5 Å². The number of carbonyl (C=O) groups excluding carboxylic acids is 1. The number of sulfonamides is 1. The van der Waals surface area contributed by atoms with Gasteiger partial charge in [0.05, 0.1) is 20.3 Å². The van der Waals surface area contributed by atoms with Crippen LogP contribution in [0.5, 0.6) is 11.5 Å². The molecule has 0 saturated carbocycles. The van der Waals surface area contributed by atoms with Gasteiger partial charge >= 0.3 is 0 Å². The summed E-state index contributed by atoms with van der Waals surface area (Å²) >= 11 is 0. The lowest BCUT2D eigenvalue weighted by atomic mass is 10.2. The molecule has 0 fully saturated rings. The highest BCUT2D eigenvalue weighted by Crippen LogP contribution is 2.24. The Hall–Kier alpha value is -2.62. The van der Waals surface area contributed by atoms with Gasteiger partial charge in [-0.15, -0.1) is 0 Å². The highest BCUT2D eigenvalue weighted by Gasteiger charge is 2.21. The number of ether oxygens (including phenoxy) is 3. The standard InChI is InChI=1S/C21H28N2O6S/c1-16-6-4-7-18(14-16)29-12-5-10-22-21(24)17-8-9-19(28-3)20(15-17)30(25,26)23-11-13-27-2/h4,6-9,14-15,23H,5,10-13H2,1-3H3,(H,22,24). The SMILES string of the molecule is COCCNS(=O)(=O)c1cc(C(=O)NCCCOc2cccc(C)c2)ccc1OC. The lowest BCUT2D eigenvalue weighted by Gasteiger charge is -2.13. The lowest BCUT2D eigenvalue weighted by molar-refractivity contribution is 0.0951. The normalized spacial score (nSPS) is 11.2. The zero-order valence-corrected chi connectivity index (χ0v) is 18.3. The number of nitrogens with one attached hydrogen (secondary N) is 2. The van der Waals surface area contributed by atoms with Crippen LogP contribution >= 0.6 is 0 Å². The summed E-state index contributed by atoms with van der Waals surface area (Å²) in [4.78, 5) is 12.3. The Morgan fingerprint density at radius 1 is 1.03 bits per heavy atom. The van der Waals surface area contributed by atoms with Crippen LogP contribution in [-0.2, 0) is 14.8 Å². The van der Waals surface area contributed by atoms with Crippen molar-refractivity contribution in [3.8, 4) is 11.5 Å². The number of hydrogen-bond donors (Lipinski definition) is 2. The zero-order valence-electron chi connectivity index (χ0n) is 17.4. The Kier molecular flexibility index (Phi) is 9.10. The van der Waals surface area contributed by atoms with E-state index in [1.165, 1.54) is 32.4 Å². The van der Waals surface area contributed by atoms with Gasteiger partial charge in [-0.1, -0.05) is 12.1 Å². The van der Waals surface area contributed by atoms with Gasteiger partial charge in [-0.05, 0) is 49.2 Å². The molecule has 0 heterocycles. The maximum Gasteiger partial charge on any atom is 0.251 e. The van der Waals surface area contributed by atoms with Gasteiger partial charge in [0.1, 0.15) is 16.4 Å². The summed E-state index contributed by atoms with van der Waals surface area (Å²) in [5.74, 6) is 0.567. The minimum absolute atomic E-state index is 0.100. The Labute approximate surface area is 177 Å². The molecule has 2 rings (SSSR count). The predicted molar refractivity (Wildman–Crippen MR) is 114 cm³/mol. The molecule has 0 atom stereocenters. The fraction of sp³-hybridized carbons (Fsp3) is 0.381. The van der Waals surface area contributed by atoms with E-state index in [-0.39, 0.29) is 35.3 Å². The topological polar surface area (TPSA) is 103 Å². The highest BCUT2D eigenvalue weighted by molar-refractivity contribution is 7.89. The summed E-state index contributed by atoms with van der Waals surface area (Å²) in [6.45, 7) is 3.18. The molecule has 0 aliphatic carbocycles. The first-order valence-electron chi connectivity index (χ1n) is 9.51. The van der Waals surface area contributed by atoms with E-state index in [0.717, 1.165) is 11.3 Å². The second-order valence-corrected chi connectivity index (χ2v) is 8.27. The quantitative estimate of drug-likeness (QED) is 0.494. The molecule has 30 heavy (non-hydrogen) atoms. The number of amides is 1. The molecule has 2 aromatic carbocycles. The van der Waals surface area contributed by atoms with Crippen molar-refractivity contribution in [2.45, 2.75) is 18.2 Å². The van der Waals surface area contributed by atoms with Crippen molar-refractivity contribution in [3.63, 3.8) is 0 Å². The molecule has 2 aromatic rings. The van der Waals surface area contributed by atoms with E-state index < -0.39 is 10.0 Å². The van der Waals surface area contributed by atoms with Gasteiger partial charge in [0.2, 0.25) is 10.0 Å². The van der Waals surface area contributed by atoms with Crippen LogP contribution in [-0.4, -0.2) is 54.8 Å². The molecule has 8 nitrogen and oxygen atoms in total. The van der Waals surface area contributed by atoms with Gasteiger partial charge in [-0.2, -0.15) is 0 Å². The van der Waals surface area contributed by atoms with Gasteiger partial charge in [0, 0.05) is 25.8 Å². The van der Waals surface area contributed by atoms with E-state index >= 15 is 0 Å². The van der Waals surface area contributed by atoms with Crippen molar-refractivity contribution in [1.29, 1.82) is 0 Å². The third-order valence-electron chi connectivity index (χ3n) is 4.18. The lowest BCUT2D eigenvalue weighted by Crippen LogP contribution is -2.29. The van der Waals surface area contributed by atoms with Gasteiger partial charge in [0.15, 0.2) is 0 Å². The summed E-state index contributed by atoms with van der Waals surface area (Å²) in [6, 6.07) is 12.0. The zero-order chi connectivity index (χ0) is 22.0. The molecule has 0 unspecified atom stereocenters. The molecule has 0 saturated heterocycles. The Bertz CT molecular complexity index is 946. The van der Waals surface area contributed by atoms with Crippen molar-refractivity contribution < 1.29 is 27.4 Å². The number of rotatable bonds is 12. The van der Waals surface area contributed by atoms with Gasteiger partial charge in [-0.25, -0.2) is 13.1 Å². The Morgan fingerprint density at radius 2 is 1.83 bits per heavy atom. The van der Waals surface area contributed by atoms with Gasteiger partial charge in [0.25, 0.3) is 5.91 Å². The monoisotopic (exact) mass is 436 g/mol. The van der Waals surface area contributed by atoms with Gasteiger partial charge < -0.3 is 19.5 Å². The maximum absolute atomic E-state index is 12.5. The van der Waals surface area contributed by atoms with Crippen LogP contribution in [0, 0.1) is 6.92 Å². The summed E-state index contributed by atoms with van der Waals surface area (Å²) in [7, 11) is -0.999. The smallest absolute Gasteiger partial charge is 0.251 e. The van der Waals surface area contributed by atoms with E-state index in [9.17, 15) is 13.2 Å². The molecular formula is C21H28N2O6S. The summed E-state index contributed by atoms with van der Waals surface area (Å²) < 4.78 is 43.1. The number of hydrogen-bond acceptors (Lipinski definition) is 6. The average Bonchev–Trinajstić information content (AvgIpc) is 2.73. The van der Waals surface area contributed by atoms with E-state index in [2.05, 4.69) is 10.0 Å². The summed E-state index contributed by atoms with van der Waals surface area (Å²) in [5, 5.41) is 2.77. The average molecular weight is 437 g/mol. The van der Waals surface area contributed by atoms with E-state index in [0.29, 0.717) is 19.6 Å². The molecule has 9 heteroatoms. The van der Waals surface area contributed by atoms with Crippen molar-refractivity contribution in [2.24, 2.45) is 0 Å². The van der Waals surface area contributed by atoms with E-state index in [1.54, 1.807) is 0 Å². The molecule has 2 N–H and O–H groups in total. The first-order valence-corrected chi connectivity index (χ1v) is 11.0. The number of benzene rings is 2. The largest absolute Gasteiger partial charge is 0.495 e. The minimum atomic E-state index is -3.85. The van der Waals surface area contributed by atoms with Crippen LogP contribution in [0.3, 0.4) is 0 Å². The van der Waals surface area contributed by atoms with Crippen molar-refractivity contribution >= 4 is 15.9 Å². The molecule has 0 bridgehead atoms.